The molecule has 0 unspecified atom stereocenters. The van der Waals surface area contributed by atoms with E-state index < -0.39 is 40.2 Å². The van der Waals surface area contributed by atoms with E-state index in [-0.39, 0.29) is 71.6 Å². The standard InChI is InChI=1S/C51H73NO8/c1-6-7-9-13-34-29-52(46(57)48(34)17-10-8-11-18-48)35-22-32(23-36(53)25-35)15-20-49-33-14-12-19-50(58,45-44(60-45)31(4)30(2)3)43(49)16-21-51(49,59)38-26-40(54)39-27-41(55)42(56)28-47(39,5)37(38)24-33/h12,14,22-23,25-26,30-31,33-34,37,39,41-45,53,55-56,58-59H,6-11,13,15-21,24,27-29H2,1-5H3/t31-,33-,34+,37+,39+,41-,42+,43+,44+,45-,47-,49-,50-,51-/m1/s1. The Morgan fingerprint density at radius 2 is 1.72 bits per heavy atom. The number of carbonyl (C=O) groups excluding carboxylic acids is 2. The van der Waals surface area contributed by atoms with E-state index in [2.05, 4.69) is 52.8 Å². The van der Waals surface area contributed by atoms with Crippen LogP contribution in [0, 0.1) is 57.7 Å². The van der Waals surface area contributed by atoms with Gasteiger partial charge in [-0.3, -0.25) is 9.59 Å². The lowest BCUT2D eigenvalue weighted by molar-refractivity contribution is -0.182. The van der Waals surface area contributed by atoms with Crippen LogP contribution in [0.5, 0.6) is 5.75 Å². The first-order valence-electron chi connectivity index (χ1n) is 24.1. The number of phenols is 1. The molecule has 4 saturated carbocycles. The number of ether oxygens (including phenoxy) is 1. The molecule has 9 nitrogen and oxygen atoms in total. The second-order valence-corrected chi connectivity index (χ2v) is 22.0. The Kier molecular flexibility index (Phi) is 10.9. The number of aryl methyl sites for hydroxylation is 1. The third-order valence-corrected chi connectivity index (χ3v) is 18.9. The fourth-order valence-electron chi connectivity index (χ4n) is 15.3. The summed E-state index contributed by atoms with van der Waals surface area (Å²) in [6.07, 6.45) is 16.9. The van der Waals surface area contributed by atoms with Gasteiger partial charge in [0, 0.05) is 35.5 Å². The molecule has 6 aliphatic carbocycles. The average Bonchev–Trinajstić information content (AvgIpc) is 3.92. The molecule has 0 bridgehead atoms. The highest BCUT2D eigenvalue weighted by Crippen LogP contribution is 2.73. The maximum Gasteiger partial charge on any atom is 0.233 e. The first-order chi connectivity index (χ1) is 28.5. The minimum Gasteiger partial charge on any atom is -0.508 e. The summed E-state index contributed by atoms with van der Waals surface area (Å²) in [6, 6.07) is 5.63. The van der Waals surface area contributed by atoms with Crippen LogP contribution < -0.4 is 4.90 Å². The van der Waals surface area contributed by atoms with Gasteiger partial charge >= 0.3 is 0 Å². The number of carbonyl (C=O) groups is 2. The van der Waals surface area contributed by atoms with Gasteiger partial charge in [-0.25, -0.2) is 0 Å². The smallest absolute Gasteiger partial charge is 0.233 e. The van der Waals surface area contributed by atoms with Gasteiger partial charge in [0.2, 0.25) is 5.91 Å². The Bertz CT molecular complexity index is 1900. The topological polar surface area (TPSA) is 151 Å². The van der Waals surface area contributed by atoms with Crippen LogP contribution in [-0.2, 0) is 20.7 Å². The fourth-order valence-corrected chi connectivity index (χ4v) is 15.3. The molecule has 8 aliphatic rings. The Labute approximate surface area is 358 Å². The molecule has 330 valence electrons. The molecule has 0 radical (unpaired) electrons. The third-order valence-electron chi connectivity index (χ3n) is 18.9. The number of unbranched alkanes of at least 4 members (excludes halogenated alkanes) is 2. The van der Waals surface area contributed by atoms with Crippen LogP contribution >= 0.6 is 0 Å². The summed E-state index contributed by atoms with van der Waals surface area (Å²) >= 11 is 0. The van der Waals surface area contributed by atoms with E-state index in [4.69, 9.17) is 4.74 Å². The van der Waals surface area contributed by atoms with E-state index in [0.717, 1.165) is 61.8 Å². The molecule has 2 heterocycles. The molecule has 1 amide bonds. The minimum atomic E-state index is -1.42. The molecule has 6 fully saturated rings. The SMILES string of the molecule is CCCCC[C@H]1CN(c2cc(O)cc(CC[C@@]34[C@@H]5C=CC[C@](O)([C@@H]6O[C@H]6[C@H](C)C(C)C)[C@H]3CC[C@@]4(O)C3=CC(=O)[C@@H]4C[C@@H](O)[C@@H](O)C[C@]4(C)[C@H]3C5)c2)C(=O)C12CCCCC2. The van der Waals surface area contributed by atoms with Crippen LogP contribution in [-0.4, -0.2) is 79.4 Å². The normalized spacial score (nSPS) is 43.4. The molecule has 2 saturated heterocycles. The van der Waals surface area contributed by atoms with E-state index in [0.29, 0.717) is 56.9 Å². The number of anilines is 1. The Balaban J connectivity index is 1.09. The number of hydrogen-bond acceptors (Lipinski definition) is 8. The summed E-state index contributed by atoms with van der Waals surface area (Å²) < 4.78 is 6.47. The number of amides is 1. The van der Waals surface area contributed by atoms with Crippen molar-refractivity contribution in [1.82, 2.24) is 0 Å². The highest BCUT2D eigenvalue weighted by atomic mass is 16.6. The van der Waals surface area contributed by atoms with Gasteiger partial charge in [0.1, 0.15) is 17.5 Å². The molecular formula is C51H73NO8. The molecule has 60 heavy (non-hydrogen) atoms. The molecule has 1 spiro atoms. The van der Waals surface area contributed by atoms with Gasteiger partial charge in [-0.05, 0) is 135 Å². The van der Waals surface area contributed by atoms with Crippen molar-refractivity contribution < 1.29 is 39.9 Å². The Morgan fingerprint density at radius 3 is 2.45 bits per heavy atom. The Morgan fingerprint density at radius 1 is 0.950 bits per heavy atom. The van der Waals surface area contributed by atoms with Crippen molar-refractivity contribution in [2.45, 2.75) is 179 Å². The molecular weight excluding hydrogens is 755 g/mol. The number of phenolic OH excluding ortho intramolecular Hbond substituents is 1. The number of rotatable bonds is 11. The number of nitrogens with zero attached hydrogens (tertiary/aromatic N) is 1. The molecule has 9 rings (SSSR count). The minimum absolute atomic E-state index is 0.0859. The average molecular weight is 828 g/mol. The number of ketones is 1. The number of aromatic hydroxyl groups is 1. The first kappa shape index (κ1) is 42.7. The number of allylic oxidation sites excluding steroid dienone is 2. The quantitative estimate of drug-likeness (QED) is 0.0857. The van der Waals surface area contributed by atoms with Gasteiger partial charge in [0.05, 0.1) is 29.3 Å². The van der Waals surface area contributed by atoms with Gasteiger partial charge in [-0.15, -0.1) is 0 Å². The van der Waals surface area contributed by atoms with Crippen LogP contribution in [0.2, 0.25) is 0 Å². The molecule has 1 aromatic carbocycles. The van der Waals surface area contributed by atoms with Crippen molar-refractivity contribution in [3.8, 4) is 5.75 Å². The summed E-state index contributed by atoms with van der Waals surface area (Å²) in [4.78, 5) is 30.8. The van der Waals surface area contributed by atoms with E-state index in [1.807, 2.05) is 4.90 Å². The monoisotopic (exact) mass is 828 g/mol. The predicted molar refractivity (Wildman–Crippen MR) is 231 cm³/mol. The third kappa shape index (κ3) is 6.30. The van der Waals surface area contributed by atoms with Crippen LogP contribution in [0.25, 0.3) is 0 Å². The maximum atomic E-state index is 14.6. The lowest BCUT2D eigenvalue weighted by atomic mass is 9.42. The molecule has 5 N–H and O–H groups in total. The molecule has 14 atom stereocenters. The zero-order valence-corrected chi connectivity index (χ0v) is 37.0. The second kappa shape index (κ2) is 15.3. The molecule has 0 aromatic heterocycles. The fraction of sp³-hybridized carbons (Fsp3) is 0.765. The number of benzene rings is 1. The highest BCUT2D eigenvalue weighted by Gasteiger charge is 2.76. The Hall–Kier alpha value is -2.56. The summed E-state index contributed by atoms with van der Waals surface area (Å²) in [5, 5.41) is 60.1. The van der Waals surface area contributed by atoms with Crippen LogP contribution in [0.4, 0.5) is 5.69 Å². The van der Waals surface area contributed by atoms with Gasteiger partial charge in [-0.2, -0.15) is 0 Å². The molecule has 9 heteroatoms. The van der Waals surface area contributed by atoms with Gasteiger partial charge in [0.25, 0.3) is 0 Å². The predicted octanol–water partition coefficient (Wildman–Crippen LogP) is 7.98. The van der Waals surface area contributed by atoms with E-state index in [9.17, 15) is 35.1 Å². The van der Waals surface area contributed by atoms with Gasteiger partial charge in [0.15, 0.2) is 5.78 Å². The van der Waals surface area contributed by atoms with E-state index in [1.165, 1.54) is 12.8 Å². The largest absolute Gasteiger partial charge is 0.508 e. The van der Waals surface area contributed by atoms with Crippen molar-refractivity contribution in [3.05, 3.63) is 47.6 Å². The van der Waals surface area contributed by atoms with Crippen molar-refractivity contribution in [3.63, 3.8) is 0 Å². The molecule has 1 aromatic rings. The number of hydrogen-bond donors (Lipinski definition) is 5. The maximum absolute atomic E-state index is 14.6. The summed E-state index contributed by atoms with van der Waals surface area (Å²) in [7, 11) is 0. The highest BCUT2D eigenvalue weighted by molar-refractivity contribution is 6.00. The zero-order valence-electron chi connectivity index (χ0n) is 37.0. The lowest BCUT2D eigenvalue weighted by Crippen LogP contribution is -2.66. The van der Waals surface area contributed by atoms with Gasteiger partial charge in [-0.1, -0.05) is 85.3 Å². The second-order valence-electron chi connectivity index (χ2n) is 22.0. The van der Waals surface area contributed by atoms with E-state index >= 15 is 0 Å². The van der Waals surface area contributed by atoms with Crippen LogP contribution in [0.1, 0.15) is 143 Å². The van der Waals surface area contributed by atoms with Crippen molar-refractivity contribution in [2.24, 2.45) is 57.7 Å². The zero-order chi connectivity index (χ0) is 42.6. The first-order valence-corrected chi connectivity index (χ1v) is 24.1. The lowest BCUT2D eigenvalue weighted by Gasteiger charge is -2.63. The van der Waals surface area contributed by atoms with Crippen molar-refractivity contribution in [2.75, 3.05) is 11.4 Å². The van der Waals surface area contributed by atoms with Gasteiger partial charge < -0.3 is 35.2 Å². The summed E-state index contributed by atoms with van der Waals surface area (Å²) in [5.74, 6) is 0.0474. The molecule has 2 aliphatic heterocycles. The number of aliphatic hydroxyl groups is 4. The van der Waals surface area contributed by atoms with Crippen LogP contribution in [0.15, 0.2) is 42.0 Å². The number of epoxide rings is 1. The number of aliphatic hydroxyl groups excluding tert-OH is 2. The van der Waals surface area contributed by atoms with E-state index in [1.54, 1.807) is 18.2 Å². The van der Waals surface area contributed by atoms with Crippen molar-refractivity contribution >= 4 is 17.4 Å². The summed E-state index contributed by atoms with van der Waals surface area (Å²) in [5.41, 5.74) is -2.12. The summed E-state index contributed by atoms with van der Waals surface area (Å²) in [6.45, 7) is 11.5. The van der Waals surface area contributed by atoms with Crippen molar-refractivity contribution in [1.29, 1.82) is 0 Å². The number of fused-ring (bicyclic) bond motifs is 4. The van der Waals surface area contributed by atoms with Crippen LogP contribution in [0.3, 0.4) is 0 Å².